The molecule has 0 radical (unpaired) electrons. The zero-order valence-corrected chi connectivity index (χ0v) is 24.7. The average Bonchev–Trinajstić information content (AvgIpc) is 3.36. The summed E-state index contributed by atoms with van der Waals surface area (Å²) in [6.45, 7) is 24.8. The van der Waals surface area contributed by atoms with Crippen molar-refractivity contribution in [2.45, 2.75) is 107 Å². The van der Waals surface area contributed by atoms with Crippen LogP contribution in [-0.4, -0.2) is 70.9 Å². The van der Waals surface area contributed by atoms with Crippen LogP contribution in [-0.2, 0) is 19.1 Å². The first-order valence-corrected chi connectivity index (χ1v) is 13.1. The third-order valence-electron chi connectivity index (χ3n) is 7.54. The quantitative estimate of drug-likeness (QED) is 0.480. The van der Waals surface area contributed by atoms with Crippen LogP contribution >= 0.6 is 0 Å². The lowest BCUT2D eigenvalue weighted by Gasteiger charge is -2.29. The lowest BCUT2D eigenvalue weighted by atomic mass is 9.75. The summed E-state index contributed by atoms with van der Waals surface area (Å²) in [5, 5.41) is 0. The van der Waals surface area contributed by atoms with Gasteiger partial charge in [0.05, 0.1) is 0 Å². The number of rotatable bonds is 4. The predicted molar refractivity (Wildman–Crippen MR) is 141 cm³/mol. The monoisotopic (exact) mass is 510 g/mol. The highest BCUT2D eigenvalue weighted by atomic mass is 16.6. The van der Waals surface area contributed by atoms with E-state index in [1.54, 1.807) is 23.6 Å². The summed E-state index contributed by atoms with van der Waals surface area (Å²) in [5.74, 6) is 0.808. The molecule has 8 nitrogen and oxygen atoms in total. The second kappa shape index (κ2) is 11.5. The molecule has 2 rings (SSSR count). The fourth-order valence-corrected chi connectivity index (χ4v) is 4.26. The zero-order valence-electron chi connectivity index (χ0n) is 24.7. The number of hydrogen-bond donors (Lipinski definition) is 0. The highest BCUT2D eigenvalue weighted by Crippen LogP contribution is 2.36. The fraction of sp³-hybridized carbons (Fsp3) is 0.857. The van der Waals surface area contributed by atoms with Crippen molar-refractivity contribution in [2.24, 2.45) is 22.7 Å². The molecule has 0 saturated carbocycles. The minimum Gasteiger partial charge on any atom is -0.444 e. The first-order valence-electron chi connectivity index (χ1n) is 13.1. The van der Waals surface area contributed by atoms with Crippen LogP contribution in [0, 0.1) is 22.7 Å². The van der Waals surface area contributed by atoms with Crippen molar-refractivity contribution in [3.8, 4) is 0 Å². The van der Waals surface area contributed by atoms with Crippen molar-refractivity contribution in [3.63, 3.8) is 0 Å². The summed E-state index contributed by atoms with van der Waals surface area (Å²) in [5.41, 5.74) is -1.66. The van der Waals surface area contributed by atoms with Gasteiger partial charge in [-0.15, -0.1) is 0 Å². The molecule has 208 valence electrons. The molecule has 2 fully saturated rings. The molecule has 8 heteroatoms. The maximum Gasteiger partial charge on any atom is 0.410 e. The number of ether oxygens (including phenoxy) is 2. The number of likely N-dealkylation sites (tertiary alicyclic amines) is 2. The summed E-state index contributed by atoms with van der Waals surface area (Å²) in [4.78, 5) is 50.5. The molecule has 0 N–H and O–H groups in total. The number of hydrogen-bond acceptors (Lipinski definition) is 6. The Kier molecular flexibility index (Phi) is 10.2. The van der Waals surface area contributed by atoms with Crippen molar-refractivity contribution >= 4 is 23.8 Å². The van der Waals surface area contributed by atoms with Gasteiger partial charge in [-0.25, -0.2) is 9.59 Å². The molecular formula is C28H50N2O6. The smallest absolute Gasteiger partial charge is 0.410 e. The summed E-state index contributed by atoms with van der Waals surface area (Å²) in [7, 11) is 0. The molecule has 0 bridgehead atoms. The molecule has 2 aliphatic rings. The van der Waals surface area contributed by atoms with E-state index in [4.69, 9.17) is 9.47 Å². The molecule has 2 saturated heterocycles. The summed E-state index contributed by atoms with van der Waals surface area (Å²) in [6, 6.07) is 0. The minimum absolute atomic E-state index is 0.179. The van der Waals surface area contributed by atoms with Crippen LogP contribution in [0.1, 0.15) is 95.9 Å². The van der Waals surface area contributed by atoms with E-state index in [-0.39, 0.29) is 46.4 Å². The van der Waals surface area contributed by atoms with Crippen LogP contribution in [0.5, 0.6) is 0 Å². The van der Waals surface area contributed by atoms with E-state index in [2.05, 4.69) is 0 Å². The van der Waals surface area contributed by atoms with Gasteiger partial charge < -0.3 is 19.3 Å². The van der Waals surface area contributed by atoms with E-state index >= 15 is 0 Å². The van der Waals surface area contributed by atoms with Gasteiger partial charge in [-0.2, -0.15) is 0 Å². The van der Waals surface area contributed by atoms with Crippen molar-refractivity contribution < 1.29 is 28.7 Å². The highest BCUT2D eigenvalue weighted by molar-refractivity contribution is 5.82. The van der Waals surface area contributed by atoms with Crippen LogP contribution in [0.15, 0.2) is 0 Å². The molecule has 2 atom stereocenters. The normalized spacial score (nSPS) is 21.0. The van der Waals surface area contributed by atoms with Crippen molar-refractivity contribution in [1.29, 1.82) is 0 Å². The predicted octanol–water partition coefficient (Wildman–Crippen LogP) is 5.72. The third-order valence-corrected chi connectivity index (χ3v) is 7.54. The van der Waals surface area contributed by atoms with E-state index < -0.39 is 11.2 Å². The Bertz CT molecular complexity index is 751. The van der Waals surface area contributed by atoms with Gasteiger partial charge in [0, 0.05) is 37.0 Å². The van der Waals surface area contributed by atoms with Crippen LogP contribution in [0.2, 0.25) is 0 Å². The van der Waals surface area contributed by atoms with E-state index in [0.717, 1.165) is 12.8 Å². The molecule has 0 aliphatic carbocycles. The van der Waals surface area contributed by atoms with Crippen molar-refractivity contribution in [2.75, 3.05) is 26.2 Å². The van der Waals surface area contributed by atoms with Crippen LogP contribution in [0.3, 0.4) is 0 Å². The average molecular weight is 511 g/mol. The minimum atomic E-state index is -0.467. The maximum atomic E-state index is 11.9. The van der Waals surface area contributed by atoms with Gasteiger partial charge >= 0.3 is 12.2 Å². The number of amides is 2. The molecule has 2 heterocycles. The Morgan fingerprint density at radius 1 is 0.583 bits per heavy atom. The molecule has 2 aliphatic heterocycles. The van der Waals surface area contributed by atoms with Gasteiger partial charge in [0.2, 0.25) is 0 Å². The molecule has 0 spiro atoms. The first-order chi connectivity index (χ1) is 16.1. The second-order valence-corrected chi connectivity index (χ2v) is 13.4. The van der Waals surface area contributed by atoms with E-state index in [1.165, 1.54) is 0 Å². The molecule has 2 amide bonds. The molecule has 0 aromatic carbocycles. The lowest BCUT2D eigenvalue weighted by Crippen LogP contribution is -2.38. The lowest BCUT2D eigenvalue weighted by molar-refractivity contribution is -0.128. The number of Topliss-reactive ketones (excluding diaryl/α,β-unsaturated/α-hetero) is 2. The maximum absolute atomic E-state index is 11.9. The summed E-state index contributed by atoms with van der Waals surface area (Å²) < 4.78 is 10.7. The highest BCUT2D eigenvalue weighted by Gasteiger charge is 2.41. The number of nitrogens with zero attached hydrogens (tertiary/aromatic N) is 2. The van der Waals surface area contributed by atoms with Gasteiger partial charge in [-0.3, -0.25) is 9.59 Å². The standard InChI is InChI=1S/2C14H25NO3/c2*1-10(16)14(5,6)11-7-8-15(9-11)12(17)18-13(2,3)4/h2*11H,7-9H2,1-6H3/t2*11-/m10/s1. The Morgan fingerprint density at radius 2 is 0.861 bits per heavy atom. The van der Waals surface area contributed by atoms with E-state index in [9.17, 15) is 19.2 Å². The van der Waals surface area contributed by atoms with Gasteiger partial charge in [0.25, 0.3) is 0 Å². The van der Waals surface area contributed by atoms with Gasteiger partial charge in [0.15, 0.2) is 0 Å². The fourth-order valence-electron chi connectivity index (χ4n) is 4.26. The molecular weight excluding hydrogens is 460 g/mol. The second-order valence-electron chi connectivity index (χ2n) is 13.4. The molecule has 0 aromatic rings. The summed E-state index contributed by atoms with van der Waals surface area (Å²) >= 11 is 0. The molecule has 0 aromatic heterocycles. The van der Waals surface area contributed by atoms with Crippen molar-refractivity contribution in [3.05, 3.63) is 0 Å². The van der Waals surface area contributed by atoms with E-state index in [1.807, 2.05) is 69.2 Å². The van der Waals surface area contributed by atoms with E-state index in [0.29, 0.717) is 26.2 Å². The van der Waals surface area contributed by atoms with Crippen molar-refractivity contribution in [1.82, 2.24) is 9.80 Å². The van der Waals surface area contributed by atoms with Crippen LogP contribution in [0.25, 0.3) is 0 Å². The molecule has 0 unspecified atom stereocenters. The molecule has 36 heavy (non-hydrogen) atoms. The SMILES string of the molecule is CC(=O)C(C)(C)[C@@H]1CCN(C(=O)OC(C)(C)C)C1.CC(=O)C(C)(C)[C@H]1CCN(C(=O)OC(C)(C)C)C1. The largest absolute Gasteiger partial charge is 0.444 e. The van der Waals surface area contributed by atoms with Crippen LogP contribution < -0.4 is 0 Å². The van der Waals surface area contributed by atoms with Gasteiger partial charge in [-0.1, -0.05) is 27.7 Å². The topological polar surface area (TPSA) is 93.2 Å². The first kappa shape index (κ1) is 31.9. The number of ketones is 2. The Morgan fingerprint density at radius 3 is 1.08 bits per heavy atom. The van der Waals surface area contributed by atoms with Gasteiger partial charge in [0.1, 0.15) is 22.8 Å². The number of carbonyl (C=O) groups is 4. The van der Waals surface area contributed by atoms with Crippen LogP contribution in [0.4, 0.5) is 9.59 Å². The Hall–Kier alpha value is -2.12. The Labute approximate surface area is 218 Å². The van der Waals surface area contributed by atoms with Gasteiger partial charge in [-0.05, 0) is 80.1 Å². The summed E-state index contributed by atoms with van der Waals surface area (Å²) in [6.07, 6.45) is 1.19. The Balaban J connectivity index is 0.000000360. The third kappa shape index (κ3) is 9.07. The number of carbonyl (C=O) groups excluding carboxylic acids is 4. The zero-order chi connectivity index (χ0) is 28.3.